The summed E-state index contributed by atoms with van der Waals surface area (Å²) in [6.07, 6.45) is 0. The molecule has 2 aromatic rings. The average molecular weight is 343 g/mol. The number of halogens is 1. The summed E-state index contributed by atoms with van der Waals surface area (Å²) in [7, 11) is 0. The molecule has 1 fully saturated rings. The highest BCUT2D eigenvalue weighted by atomic mass is 35.5. The minimum absolute atomic E-state index is 0.102. The van der Waals surface area contributed by atoms with E-state index in [0.717, 1.165) is 11.1 Å². The SMILES string of the molecule is C=C1C(=O)NC(=O)N1c1cc(C)c(Oc2ccc(Cl)cc2)c(C)c1. The third kappa shape index (κ3) is 2.86. The summed E-state index contributed by atoms with van der Waals surface area (Å²) in [5, 5.41) is 2.85. The van der Waals surface area contributed by atoms with Crippen molar-refractivity contribution in [1.82, 2.24) is 5.32 Å². The minimum atomic E-state index is -0.504. The van der Waals surface area contributed by atoms with Crippen molar-refractivity contribution in [3.05, 3.63) is 64.8 Å². The molecule has 3 amide bonds. The van der Waals surface area contributed by atoms with E-state index in [-0.39, 0.29) is 5.70 Å². The normalized spacial score (nSPS) is 14.1. The van der Waals surface area contributed by atoms with Crippen molar-refractivity contribution in [2.75, 3.05) is 4.90 Å². The smallest absolute Gasteiger partial charge is 0.333 e. The highest BCUT2D eigenvalue weighted by Crippen LogP contribution is 2.34. The predicted molar refractivity (Wildman–Crippen MR) is 92.6 cm³/mol. The number of aryl methyl sites for hydroxylation is 2. The molecule has 0 unspecified atom stereocenters. The van der Waals surface area contributed by atoms with Gasteiger partial charge in [-0.2, -0.15) is 0 Å². The molecule has 0 aliphatic carbocycles. The van der Waals surface area contributed by atoms with Crippen LogP contribution in [0.15, 0.2) is 48.7 Å². The van der Waals surface area contributed by atoms with Gasteiger partial charge in [-0.05, 0) is 61.4 Å². The number of carbonyl (C=O) groups excluding carboxylic acids is 2. The number of anilines is 1. The fourth-order valence-corrected chi connectivity index (χ4v) is 2.69. The van der Waals surface area contributed by atoms with Crippen molar-refractivity contribution < 1.29 is 14.3 Å². The third-order valence-electron chi connectivity index (χ3n) is 3.69. The first-order valence-corrected chi connectivity index (χ1v) is 7.63. The van der Waals surface area contributed by atoms with Crippen LogP contribution in [0.25, 0.3) is 0 Å². The van der Waals surface area contributed by atoms with Crippen LogP contribution in [0, 0.1) is 13.8 Å². The maximum atomic E-state index is 11.9. The van der Waals surface area contributed by atoms with E-state index in [1.807, 2.05) is 13.8 Å². The molecule has 1 saturated heterocycles. The number of carbonyl (C=O) groups is 2. The summed E-state index contributed by atoms with van der Waals surface area (Å²) in [6.45, 7) is 7.40. The van der Waals surface area contributed by atoms with Gasteiger partial charge in [0.05, 0.1) is 5.69 Å². The number of imide groups is 1. The Balaban J connectivity index is 1.94. The van der Waals surface area contributed by atoms with Gasteiger partial charge in [-0.1, -0.05) is 18.2 Å². The van der Waals surface area contributed by atoms with Crippen LogP contribution in [0.2, 0.25) is 5.02 Å². The Morgan fingerprint density at radius 1 is 1.08 bits per heavy atom. The molecule has 0 bridgehead atoms. The highest BCUT2D eigenvalue weighted by molar-refractivity contribution is 6.30. The van der Waals surface area contributed by atoms with Crippen LogP contribution in [0.3, 0.4) is 0 Å². The number of ether oxygens (including phenoxy) is 1. The van der Waals surface area contributed by atoms with Gasteiger partial charge in [0, 0.05) is 5.02 Å². The van der Waals surface area contributed by atoms with Gasteiger partial charge in [0.1, 0.15) is 17.2 Å². The van der Waals surface area contributed by atoms with Crippen molar-refractivity contribution >= 4 is 29.2 Å². The van der Waals surface area contributed by atoms with Crippen molar-refractivity contribution in [2.24, 2.45) is 0 Å². The molecule has 24 heavy (non-hydrogen) atoms. The van der Waals surface area contributed by atoms with E-state index in [9.17, 15) is 9.59 Å². The standard InChI is InChI=1S/C18H15ClN2O3/c1-10-8-14(21-12(3)17(22)20-18(21)23)9-11(2)16(10)24-15-6-4-13(19)5-7-15/h4-9H,3H2,1-2H3,(H,20,22,23). The van der Waals surface area contributed by atoms with E-state index in [2.05, 4.69) is 11.9 Å². The lowest BCUT2D eigenvalue weighted by molar-refractivity contribution is -0.115. The number of nitrogens with zero attached hydrogens (tertiary/aromatic N) is 1. The molecule has 0 spiro atoms. The largest absolute Gasteiger partial charge is 0.457 e. The lowest BCUT2D eigenvalue weighted by Crippen LogP contribution is -2.27. The van der Waals surface area contributed by atoms with Gasteiger partial charge in [0.15, 0.2) is 0 Å². The Bertz CT molecular complexity index is 836. The molecule has 0 atom stereocenters. The van der Waals surface area contributed by atoms with Gasteiger partial charge in [-0.3, -0.25) is 15.0 Å². The van der Waals surface area contributed by atoms with Gasteiger partial charge in [0.2, 0.25) is 0 Å². The second-order valence-electron chi connectivity index (χ2n) is 5.51. The number of nitrogens with one attached hydrogen (secondary N) is 1. The third-order valence-corrected chi connectivity index (χ3v) is 3.94. The predicted octanol–water partition coefficient (Wildman–Crippen LogP) is 4.32. The fourth-order valence-electron chi connectivity index (χ4n) is 2.56. The summed E-state index contributed by atoms with van der Waals surface area (Å²) < 4.78 is 5.92. The van der Waals surface area contributed by atoms with Crippen molar-refractivity contribution in [1.29, 1.82) is 0 Å². The van der Waals surface area contributed by atoms with Crippen LogP contribution in [-0.2, 0) is 4.79 Å². The van der Waals surface area contributed by atoms with Gasteiger partial charge in [-0.25, -0.2) is 4.79 Å². The van der Waals surface area contributed by atoms with Crippen molar-refractivity contribution in [3.63, 3.8) is 0 Å². The number of rotatable bonds is 3. The van der Waals surface area contributed by atoms with Gasteiger partial charge in [0.25, 0.3) is 5.91 Å². The molecule has 1 heterocycles. The average Bonchev–Trinajstić information content (AvgIpc) is 2.77. The molecule has 0 saturated carbocycles. The van der Waals surface area contributed by atoms with Crippen molar-refractivity contribution in [2.45, 2.75) is 13.8 Å². The summed E-state index contributed by atoms with van der Waals surface area (Å²) in [6, 6.07) is 10.1. The van der Waals surface area contributed by atoms with E-state index in [4.69, 9.17) is 16.3 Å². The molecule has 2 aromatic carbocycles. The Hall–Kier alpha value is -2.79. The first-order valence-electron chi connectivity index (χ1n) is 7.26. The van der Waals surface area contributed by atoms with Crippen LogP contribution in [0.1, 0.15) is 11.1 Å². The molecule has 5 nitrogen and oxygen atoms in total. The van der Waals surface area contributed by atoms with Crippen LogP contribution in [-0.4, -0.2) is 11.9 Å². The lowest BCUT2D eigenvalue weighted by atomic mass is 10.1. The second kappa shape index (κ2) is 6.02. The van der Waals surface area contributed by atoms with Crippen molar-refractivity contribution in [3.8, 4) is 11.5 Å². The van der Waals surface area contributed by atoms with E-state index in [1.165, 1.54) is 4.90 Å². The fraction of sp³-hybridized carbons (Fsp3) is 0.111. The van der Waals surface area contributed by atoms with Crippen LogP contribution in [0.4, 0.5) is 10.5 Å². The molecule has 1 aliphatic heterocycles. The quantitative estimate of drug-likeness (QED) is 0.667. The molecule has 6 heteroatoms. The lowest BCUT2D eigenvalue weighted by Gasteiger charge is -2.19. The summed E-state index contributed by atoms with van der Waals surface area (Å²) in [5.74, 6) is 0.867. The second-order valence-corrected chi connectivity index (χ2v) is 5.94. The monoisotopic (exact) mass is 342 g/mol. The highest BCUT2D eigenvalue weighted by Gasteiger charge is 2.33. The maximum absolute atomic E-state index is 11.9. The number of urea groups is 1. The minimum Gasteiger partial charge on any atom is -0.457 e. The molecule has 1 aliphatic rings. The first-order chi connectivity index (χ1) is 11.4. The maximum Gasteiger partial charge on any atom is 0.333 e. The zero-order valence-electron chi connectivity index (χ0n) is 13.2. The topological polar surface area (TPSA) is 58.6 Å². The molecular weight excluding hydrogens is 328 g/mol. The zero-order valence-corrected chi connectivity index (χ0v) is 14.0. The summed E-state index contributed by atoms with van der Waals surface area (Å²) in [5.41, 5.74) is 2.34. The van der Waals surface area contributed by atoms with Gasteiger partial charge >= 0.3 is 6.03 Å². The van der Waals surface area contributed by atoms with Crippen LogP contribution in [0.5, 0.6) is 11.5 Å². The van der Waals surface area contributed by atoms with Gasteiger partial charge < -0.3 is 4.74 Å². The zero-order chi connectivity index (χ0) is 17.4. The number of hydrogen-bond acceptors (Lipinski definition) is 3. The van der Waals surface area contributed by atoms with Crippen LogP contribution >= 0.6 is 11.6 Å². The van der Waals surface area contributed by atoms with E-state index in [1.54, 1.807) is 36.4 Å². The number of amides is 3. The number of hydrogen-bond donors (Lipinski definition) is 1. The molecule has 0 radical (unpaired) electrons. The Morgan fingerprint density at radius 3 is 2.17 bits per heavy atom. The first kappa shape index (κ1) is 16.1. The molecular formula is C18H15ClN2O3. The molecule has 1 N–H and O–H groups in total. The summed E-state index contributed by atoms with van der Waals surface area (Å²) >= 11 is 5.88. The molecule has 0 aromatic heterocycles. The van der Waals surface area contributed by atoms with E-state index < -0.39 is 11.9 Å². The Labute approximate surface area is 144 Å². The van der Waals surface area contributed by atoms with Crippen LogP contribution < -0.4 is 15.0 Å². The molecule has 3 rings (SSSR count). The Kier molecular flexibility index (Phi) is 4.03. The number of benzene rings is 2. The summed E-state index contributed by atoms with van der Waals surface area (Å²) in [4.78, 5) is 24.7. The van der Waals surface area contributed by atoms with E-state index in [0.29, 0.717) is 22.2 Å². The molecule has 122 valence electrons. The Morgan fingerprint density at radius 2 is 1.67 bits per heavy atom. The van der Waals surface area contributed by atoms with E-state index >= 15 is 0 Å². The van der Waals surface area contributed by atoms with Gasteiger partial charge in [-0.15, -0.1) is 0 Å².